The Morgan fingerprint density at radius 2 is 2.28 bits per heavy atom. The molecule has 3 rings (SSSR count). The number of carbonyl (C=O) groups excluding carboxylic acids is 1. The van der Waals surface area contributed by atoms with Crippen LogP contribution in [0.2, 0.25) is 5.02 Å². The van der Waals surface area contributed by atoms with Gasteiger partial charge in [0.15, 0.2) is 0 Å². The number of nitrogens with one attached hydrogen (secondary N) is 1. The Morgan fingerprint density at radius 3 is 3.00 bits per heavy atom. The molecule has 1 saturated carbocycles. The predicted octanol–water partition coefficient (Wildman–Crippen LogP) is 2.82. The molecule has 0 aromatic heterocycles. The number of amides is 1. The summed E-state index contributed by atoms with van der Waals surface area (Å²) in [7, 11) is 0. The molecule has 0 heterocycles. The zero-order chi connectivity index (χ0) is 12.7. The molecule has 0 radical (unpaired) electrons. The summed E-state index contributed by atoms with van der Waals surface area (Å²) in [6, 6.07) is 5.52. The van der Waals surface area contributed by atoms with Crippen LogP contribution >= 0.6 is 11.6 Å². The Labute approximate surface area is 111 Å². The van der Waals surface area contributed by atoms with Gasteiger partial charge in [-0.3, -0.25) is 4.79 Å². The summed E-state index contributed by atoms with van der Waals surface area (Å²) in [5, 5.41) is 4.05. The third-order valence-corrected chi connectivity index (χ3v) is 4.28. The average Bonchev–Trinajstić information content (AvgIpc) is 2.69. The zero-order valence-corrected chi connectivity index (χ0v) is 10.7. The maximum absolute atomic E-state index is 11.2. The smallest absolute Gasteiger partial charge is 0.248 e. The van der Waals surface area contributed by atoms with E-state index in [2.05, 4.69) is 17.5 Å². The van der Waals surface area contributed by atoms with E-state index in [1.807, 2.05) is 0 Å². The van der Waals surface area contributed by atoms with Gasteiger partial charge in [-0.1, -0.05) is 23.8 Å². The molecular weight excluding hydrogens is 248 g/mol. The highest BCUT2D eigenvalue weighted by atomic mass is 35.5. The molecular formula is C14H15ClN2O. The minimum atomic E-state index is -0.429. The first-order valence-electron chi connectivity index (χ1n) is 6.17. The summed E-state index contributed by atoms with van der Waals surface area (Å²) in [4.78, 5) is 11.2. The number of carbonyl (C=O) groups is 1. The minimum Gasteiger partial charge on any atom is -0.380 e. The summed E-state index contributed by atoms with van der Waals surface area (Å²) in [5.74, 6) is 0.973. The molecule has 0 spiro atoms. The molecule has 3 nitrogen and oxygen atoms in total. The van der Waals surface area contributed by atoms with Gasteiger partial charge < -0.3 is 11.1 Å². The van der Waals surface area contributed by atoms with Gasteiger partial charge in [-0.15, -0.1) is 0 Å². The van der Waals surface area contributed by atoms with Gasteiger partial charge in [0, 0.05) is 17.5 Å². The maximum Gasteiger partial charge on any atom is 0.248 e. The lowest BCUT2D eigenvalue weighted by Gasteiger charge is -2.41. The van der Waals surface area contributed by atoms with Crippen molar-refractivity contribution in [3.63, 3.8) is 0 Å². The van der Waals surface area contributed by atoms with Crippen molar-refractivity contribution in [2.45, 2.75) is 18.9 Å². The molecule has 1 fully saturated rings. The van der Waals surface area contributed by atoms with Gasteiger partial charge in [-0.05, 0) is 37.0 Å². The van der Waals surface area contributed by atoms with Crippen molar-refractivity contribution < 1.29 is 4.79 Å². The van der Waals surface area contributed by atoms with Crippen molar-refractivity contribution in [3.05, 3.63) is 40.9 Å². The number of anilines is 1. The van der Waals surface area contributed by atoms with Gasteiger partial charge in [0.05, 0.1) is 10.7 Å². The van der Waals surface area contributed by atoms with Crippen LogP contribution in [0.4, 0.5) is 5.69 Å². The Hall–Kier alpha value is -1.48. The highest BCUT2D eigenvalue weighted by molar-refractivity contribution is 6.33. The van der Waals surface area contributed by atoms with Gasteiger partial charge in [0.25, 0.3) is 0 Å². The lowest BCUT2D eigenvalue weighted by atomic mass is 9.71. The van der Waals surface area contributed by atoms with Crippen LogP contribution in [0.5, 0.6) is 0 Å². The molecule has 0 saturated heterocycles. The van der Waals surface area contributed by atoms with Crippen LogP contribution in [0.1, 0.15) is 23.2 Å². The van der Waals surface area contributed by atoms with E-state index in [-0.39, 0.29) is 0 Å². The van der Waals surface area contributed by atoms with Crippen LogP contribution in [0.25, 0.3) is 0 Å². The number of fused-ring (bicyclic) bond motifs is 1. The fraction of sp³-hybridized carbons (Fsp3) is 0.357. The predicted molar refractivity (Wildman–Crippen MR) is 72.7 cm³/mol. The quantitative estimate of drug-likeness (QED) is 0.823. The number of allylic oxidation sites excluding steroid dienone is 1. The molecule has 3 atom stereocenters. The molecule has 0 aliphatic heterocycles. The molecule has 1 aromatic rings. The number of hydrogen-bond acceptors (Lipinski definition) is 2. The van der Waals surface area contributed by atoms with E-state index < -0.39 is 5.91 Å². The topological polar surface area (TPSA) is 55.1 Å². The van der Waals surface area contributed by atoms with Crippen molar-refractivity contribution in [2.24, 2.45) is 17.6 Å². The summed E-state index contributed by atoms with van der Waals surface area (Å²) in [5.41, 5.74) is 6.56. The second kappa shape index (κ2) is 4.32. The maximum atomic E-state index is 11.2. The lowest BCUT2D eigenvalue weighted by Crippen LogP contribution is -2.43. The van der Waals surface area contributed by atoms with E-state index >= 15 is 0 Å². The van der Waals surface area contributed by atoms with Crippen molar-refractivity contribution in [1.82, 2.24) is 0 Å². The molecule has 18 heavy (non-hydrogen) atoms. The van der Waals surface area contributed by atoms with Crippen LogP contribution < -0.4 is 11.1 Å². The molecule has 4 heteroatoms. The number of rotatable bonds is 3. The Bertz CT molecular complexity index is 527. The Kier molecular flexibility index (Phi) is 2.78. The van der Waals surface area contributed by atoms with Crippen LogP contribution in [0.15, 0.2) is 30.4 Å². The second-order valence-electron chi connectivity index (χ2n) is 5.05. The molecule has 1 amide bonds. The highest BCUT2D eigenvalue weighted by Gasteiger charge is 2.41. The molecule has 2 aliphatic carbocycles. The molecule has 3 unspecified atom stereocenters. The number of primary amides is 1. The first kappa shape index (κ1) is 11.6. The molecule has 2 aliphatic rings. The van der Waals surface area contributed by atoms with Gasteiger partial charge >= 0.3 is 0 Å². The van der Waals surface area contributed by atoms with E-state index in [0.29, 0.717) is 22.5 Å². The fourth-order valence-corrected chi connectivity index (χ4v) is 3.04. The lowest BCUT2D eigenvalue weighted by molar-refractivity contribution is 0.100. The summed E-state index contributed by atoms with van der Waals surface area (Å²) in [6.45, 7) is 0. The second-order valence-corrected chi connectivity index (χ2v) is 5.45. The largest absolute Gasteiger partial charge is 0.380 e. The van der Waals surface area contributed by atoms with E-state index in [0.717, 1.165) is 18.0 Å². The van der Waals surface area contributed by atoms with Gasteiger partial charge in [0.1, 0.15) is 0 Å². The summed E-state index contributed by atoms with van der Waals surface area (Å²) < 4.78 is 0. The highest BCUT2D eigenvalue weighted by Crippen LogP contribution is 2.44. The van der Waals surface area contributed by atoms with Gasteiger partial charge in [0.2, 0.25) is 5.91 Å². The van der Waals surface area contributed by atoms with Crippen LogP contribution in [-0.4, -0.2) is 11.9 Å². The number of benzene rings is 1. The first-order valence-corrected chi connectivity index (χ1v) is 6.55. The standard InChI is InChI=1S/C14H15ClN2O/c15-11-5-4-9(14(16)18)7-13(11)17-12-6-8-2-1-3-10(8)12/h1,3-5,7-8,10,12,17H,2,6H2,(H2,16,18). The summed E-state index contributed by atoms with van der Waals surface area (Å²) >= 11 is 6.14. The third kappa shape index (κ3) is 1.89. The van der Waals surface area contributed by atoms with Crippen LogP contribution in [0.3, 0.4) is 0 Å². The van der Waals surface area contributed by atoms with Crippen molar-refractivity contribution in [3.8, 4) is 0 Å². The van der Waals surface area contributed by atoms with Crippen molar-refractivity contribution in [2.75, 3.05) is 5.32 Å². The van der Waals surface area contributed by atoms with Gasteiger partial charge in [-0.25, -0.2) is 0 Å². The monoisotopic (exact) mass is 262 g/mol. The van der Waals surface area contributed by atoms with Gasteiger partial charge in [-0.2, -0.15) is 0 Å². The number of hydrogen-bond donors (Lipinski definition) is 2. The SMILES string of the molecule is NC(=O)c1ccc(Cl)c(NC2CC3CC=CC32)c1. The third-order valence-electron chi connectivity index (χ3n) is 3.95. The zero-order valence-electron chi connectivity index (χ0n) is 9.90. The molecule has 1 aromatic carbocycles. The molecule has 0 bridgehead atoms. The summed E-state index contributed by atoms with van der Waals surface area (Å²) in [6.07, 6.45) is 6.88. The van der Waals surface area contributed by atoms with Crippen molar-refractivity contribution >= 4 is 23.2 Å². The minimum absolute atomic E-state index is 0.425. The van der Waals surface area contributed by atoms with E-state index in [4.69, 9.17) is 17.3 Å². The molecule has 3 N–H and O–H groups in total. The number of halogens is 1. The molecule has 94 valence electrons. The first-order chi connectivity index (χ1) is 8.65. The van der Waals surface area contributed by atoms with E-state index in [9.17, 15) is 4.79 Å². The number of nitrogens with two attached hydrogens (primary N) is 1. The van der Waals surface area contributed by atoms with Crippen LogP contribution in [-0.2, 0) is 0 Å². The average molecular weight is 263 g/mol. The van der Waals surface area contributed by atoms with E-state index in [1.54, 1.807) is 18.2 Å². The van der Waals surface area contributed by atoms with Crippen molar-refractivity contribution in [1.29, 1.82) is 0 Å². The fourth-order valence-electron chi connectivity index (χ4n) is 2.87. The van der Waals surface area contributed by atoms with Crippen LogP contribution in [0, 0.1) is 11.8 Å². The normalized spacial score (nSPS) is 28.6. The Balaban J connectivity index is 1.78. The Morgan fingerprint density at radius 1 is 1.44 bits per heavy atom. The van der Waals surface area contributed by atoms with E-state index in [1.165, 1.54) is 6.42 Å².